The molecule has 0 bridgehead atoms. The molecular weight excluding hydrogens is 410 g/mol. The molecule has 1 amide bonds. The molecule has 0 radical (unpaired) electrons. The van der Waals surface area contributed by atoms with Crippen LogP contribution in [0.4, 0.5) is 17.1 Å². The number of phenolic OH excluding ortho intramolecular Hbond substituents is 1. The highest BCUT2D eigenvalue weighted by molar-refractivity contribution is 5.99. The van der Waals surface area contributed by atoms with Crippen molar-refractivity contribution in [3.63, 3.8) is 0 Å². The predicted molar refractivity (Wildman–Crippen MR) is 121 cm³/mol. The molecule has 0 spiro atoms. The zero-order valence-corrected chi connectivity index (χ0v) is 17.5. The fourth-order valence-corrected chi connectivity index (χ4v) is 3.41. The molecule has 0 aliphatic rings. The van der Waals surface area contributed by atoms with E-state index in [0.29, 0.717) is 5.76 Å². The molecule has 4 aromatic rings. The number of rotatable bonds is 7. The molecule has 8 heteroatoms. The maximum Gasteiger partial charge on any atom is 0.257 e. The second kappa shape index (κ2) is 8.43. The molecule has 1 aromatic heterocycles. The molecule has 1 atom stereocenters. The van der Waals surface area contributed by atoms with Crippen LogP contribution in [0.25, 0.3) is 0 Å². The van der Waals surface area contributed by atoms with Crippen LogP contribution in [0.5, 0.6) is 5.75 Å². The molecule has 0 aliphatic carbocycles. The van der Waals surface area contributed by atoms with Gasteiger partial charge >= 0.3 is 0 Å². The minimum absolute atomic E-state index is 0.00670. The van der Waals surface area contributed by atoms with Crippen LogP contribution >= 0.6 is 0 Å². The summed E-state index contributed by atoms with van der Waals surface area (Å²) in [4.78, 5) is 38.3. The van der Waals surface area contributed by atoms with Crippen LogP contribution in [0.3, 0.4) is 0 Å². The summed E-state index contributed by atoms with van der Waals surface area (Å²) < 4.78 is 5.53. The number of nitrogens with zero attached hydrogens (tertiary/aromatic N) is 1. The number of phenols is 1. The Morgan fingerprint density at radius 1 is 0.938 bits per heavy atom. The van der Waals surface area contributed by atoms with E-state index in [4.69, 9.17) is 4.42 Å². The summed E-state index contributed by atoms with van der Waals surface area (Å²) in [5.74, 6) is -0.135. The molecule has 162 valence electrons. The zero-order chi connectivity index (χ0) is 22.8. The molecule has 1 heterocycles. The maximum atomic E-state index is 12.4. The van der Waals surface area contributed by atoms with Crippen molar-refractivity contribution < 1.29 is 14.3 Å². The Hall–Kier alpha value is -4.33. The van der Waals surface area contributed by atoms with E-state index in [1.165, 1.54) is 23.3 Å². The second-order valence-corrected chi connectivity index (χ2v) is 7.44. The number of carbonyl (C=O) groups is 1. The number of nitrogens with one attached hydrogen (secondary N) is 2. The quantitative estimate of drug-likeness (QED) is 0.304. The lowest BCUT2D eigenvalue weighted by Crippen LogP contribution is -2.37. The van der Waals surface area contributed by atoms with Crippen LogP contribution in [0.2, 0.25) is 0 Å². The smallest absolute Gasteiger partial charge is 0.257 e. The number of hydrogen-bond acceptors (Lipinski definition) is 7. The molecule has 3 N–H and O–H groups in total. The first-order valence-corrected chi connectivity index (χ1v) is 9.87. The number of benzene rings is 2. The van der Waals surface area contributed by atoms with Gasteiger partial charge in [0.05, 0.1) is 17.5 Å². The fraction of sp³-hybridized carbons (Fsp3) is 0.125. The van der Waals surface area contributed by atoms with Crippen LogP contribution in [-0.4, -0.2) is 30.0 Å². The second-order valence-electron chi connectivity index (χ2n) is 7.44. The van der Waals surface area contributed by atoms with Gasteiger partial charge in [-0.2, -0.15) is 0 Å². The minimum atomic E-state index is -0.720. The van der Waals surface area contributed by atoms with Crippen molar-refractivity contribution in [1.82, 2.24) is 4.90 Å². The van der Waals surface area contributed by atoms with Crippen molar-refractivity contribution in [2.75, 3.05) is 24.7 Å². The van der Waals surface area contributed by atoms with Gasteiger partial charge in [-0.15, -0.1) is 0 Å². The summed E-state index contributed by atoms with van der Waals surface area (Å²) >= 11 is 0. The van der Waals surface area contributed by atoms with Crippen LogP contribution in [0, 0.1) is 0 Å². The summed E-state index contributed by atoms with van der Waals surface area (Å²) in [6, 6.07) is 16.9. The Labute approximate surface area is 183 Å². The van der Waals surface area contributed by atoms with Crippen molar-refractivity contribution in [3.8, 4) is 5.75 Å². The van der Waals surface area contributed by atoms with Crippen LogP contribution in [0.1, 0.15) is 27.7 Å². The first-order chi connectivity index (χ1) is 15.4. The molecule has 0 aliphatic heterocycles. The predicted octanol–water partition coefficient (Wildman–Crippen LogP) is 3.23. The molecule has 0 fully saturated rings. The molecule has 0 saturated heterocycles. The van der Waals surface area contributed by atoms with Gasteiger partial charge in [0.15, 0.2) is 5.75 Å². The third-order valence-corrected chi connectivity index (χ3v) is 5.09. The summed E-state index contributed by atoms with van der Waals surface area (Å²) in [6.07, 6.45) is 1.53. The lowest BCUT2D eigenvalue weighted by atomic mass is 10.0. The first-order valence-electron chi connectivity index (χ1n) is 9.87. The Morgan fingerprint density at radius 2 is 1.66 bits per heavy atom. The van der Waals surface area contributed by atoms with Gasteiger partial charge in [0.1, 0.15) is 23.2 Å². The van der Waals surface area contributed by atoms with Gasteiger partial charge in [-0.1, -0.05) is 36.4 Å². The van der Waals surface area contributed by atoms with E-state index in [1.54, 1.807) is 32.3 Å². The van der Waals surface area contributed by atoms with Gasteiger partial charge in [0, 0.05) is 14.1 Å². The number of para-hydroxylation sites is 1. The number of aromatic hydroxyl groups is 1. The van der Waals surface area contributed by atoms with Gasteiger partial charge < -0.3 is 25.1 Å². The Balaban J connectivity index is 1.68. The monoisotopic (exact) mass is 431 g/mol. The molecule has 1 unspecified atom stereocenters. The van der Waals surface area contributed by atoms with Gasteiger partial charge in [-0.25, -0.2) is 0 Å². The Morgan fingerprint density at radius 3 is 2.31 bits per heavy atom. The Bertz CT molecular complexity index is 1320. The van der Waals surface area contributed by atoms with E-state index in [1.807, 2.05) is 30.3 Å². The number of furan rings is 1. The van der Waals surface area contributed by atoms with Crippen LogP contribution in [0.15, 0.2) is 80.9 Å². The van der Waals surface area contributed by atoms with E-state index in [0.717, 1.165) is 5.56 Å². The van der Waals surface area contributed by atoms with Crippen LogP contribution < -0.4 is 21.5 Å². The molecule has 0 saturated carbocycles. The summed E-state index contributed by atoms with van der Waals surface area (Å²) in [5, 5.41) is 16.5. The number of amides is 1. The van der Waals surface area contributed by atoms with E-state index in [2.05, 4.69) is 10.6 Å². The topological polar surface area (TPSA) is 112 Å². The average Bonchev–Trinajstić information content (AvgIpc) is 3.34. The van der Waals surface area contributed by atoms with Crippen molar-refractivity contribution in [2.45, 2.75) is 6.04 Å². The average molecular weight is 431 g/mol. The third kappa shape index (κ3) is 3.74. The maximum absolute atomic E-state index is 12.4. The number of carbonyl (C=O) groups excluding carboxylic acids is 1. The summed E-state index contributed by atoms with van der Waals surface area (Å²) in [6.45, 7) is 0. The fourth-order valence-electron chi connectivity index (χ4n) is 3.41. The van der Waals surface area contributed by atoms with Crippen molar-refractivity contribution in [3.05, 3.63) is 104 Å². The Kier molecular flexibility index (Phi) is 5.51. The van der Waals surface area contributed by atoms with Gasteiger partial charge in [0.2, 0.25) is 0 Å². The third-order valence-electron chi connectivity index (χ3n) is 5.09. The van der Waals surface area contributed by atoms with Crippen molar-refractivity contribution in [1.29, 1.82) is 0 Å². The lowest BCUT2D eigenvalue weighted by molar-refractivity contribution is 0.0824. The largest absolute Gasteiger partial charge is 0.505 e. The first kappa shape index (κ1) is 20.9. The zero-order valence-electron chi connectivity index (χ0n) is 17.5. The van der Waals surface area contributed by atoms with Gasteiger partial charge in [0.25, 0.3) is 16.8 Å². The molecule has 3 aromatic carbocycles. The van der Waals surface area contributed by atoms with Gasteiger partial charge in [-0.05, 0) is 29.8 Å². The minimum Gasteiger partial charge on any atom is -0.505 e. The molecule has 4 rings (SSSR count). The standard InChI is InChI=1S/C24H21N3O5/c1-27(2)24(31)15-10-6-11-16(21(15)28)25-19-20(23(30)22(19)29)26-18(17-12-7-13-32-17)14-8-4-3-5-9-14/h3-13,18,25-26,28H,1-2H3. The van der Waals surface area contributed by atoms with E-state index < -0.39 is 22.8 Å². The SMILES string of the molecule is CN(C)C(=O)c1cccc(Nc2c(NC(c3ccccc3)c3ccco3)c(=O)c2=O)c1O. The van der Waals surface area contributed by atoms with E-state index in [-0.39, 0.29) is 28.4 Å². The molecule has 8 nitrogen and oxygen atoms in total. The highest BCUT2D eigenvalue weighted by Crippen LogP contribution is 2.34. The van der Waals surface area contributed by atoms with Crippen molar-refractivity contribution >= 4 is 23.0 Å². The molecule has 32 heavy (non-hydrogen) atoms. The highest BCUT2D eigenvalue weighted by atomic mass is 16.3. The summed E-state index contributed by atoms with van der Waals surface area (Å²) in [7, 11) is 3.14. The summed E-state index contributed by atoms with van der Waals surface area (Å²) in [5.41, 5.74) is -0.269. The lowest BCUT2D eigenvalue weighted by Gasteiger charge is -2.22. The van der Waals surface area contributed by atoms with E-state index >= 15 is 0 Å². The highest BCUT2D eigenvalue weighted by Gasteiger charge is 2.27. The van der Waals surface area contributed by atoms with Gasteiger partial charge in [-0.3, -0.25) is 14.4 Å². The van der Waals surface area contributed by atoms with Crippen molar-refractivity contribution in [2.24, 2.45) is 0 Å². The number of anilines is 3. The number of hydrogen-bond donors (Lipinski definition) is 3. The van der Waals surface area contributed by atoms with Crippen LogP contribution in [-0.2, 0) is 0 Å². The normalized spacial score (nSPS) is 11.8. The van der Waals surface area contributed by atoms with E-state index in [9.17, 15) is 19.5 Å². The molecular formula is C24H21N3O5.